The van der Waals surface area contributed by atoms with Crippen molar-refractivity contribution in [1.29, 1.82) is 0 Å². The molecule has 0 spiro atoms. The van der Waals surface area contributed by atoms with Gasteiger partial charge in [-0.2, -0.15) is 0 Å². The number of carbonyl (C=O) groups is 1. The second-order valence-electron chi connectivity index (χ2n) is 8.82. The molecule has 3 aromatic carbocycles. The van der Waals surface area contributed by atoms with Crippen LogP contribution in [0.3, 0.4) is 0 Å². The third-order valence-electron chi connectivity index (χ3n) is 6.18. The molecule has 1 heterocycles. The molecule has 10 nitrogen and oxygen atoms in total. The van der Waals surface area contributed by atoms with Crippen molar-refractivity contribution in [2.24, 2.45) is 10.1 Å². The minimum Gasteiger partial charge on any atom is -0.494 e. The summed E-state index contributed by atoms with van der Waals surface area (Å²) < 4.78 is 12.1. The third-order valence-corrected chi connectivity index (χ3v) is 6.18. The molecule has 39 heavy (non-hydrogen) atoms. The first kappa shape index (κ1) is 27.4. The van der Waals surface area contributed by atoms with Crippen LogP contribution in [0.4, 0.5) is 5.69 Å². The highest BCUT2D eigenvalue weighted by Crippen LogP contribution is 2.43. The second-order valence-corrected chi connectivity index (χ2v) is 8.82. The normalized spacial score (nSPS) is 17.9. The van der Waals surface area contributed by atoms with E-state index in [1.54, 1.807) is 30.3 Å². The summed E-state index contributed by atoms with van der Waals surface area (Å²) in [5.41, 5.74) is 15.8. The number of carbonyl (C=O) groups excluding carboxylic acids is 1. The number of azide groups is 1. The van der Waals surface area contributed by atoms with Gasteiger partial charge in [-0.05, 0) is 40.9 Å². The lowest BCUT2D eigenvalue weighted by Gasteiger charge is -2.31. The Labute approximate surface area is 226 Å². The molecule has 200 valence electrons. The molecule has 0 saturated heterocycles. The highest BCUT2D eigenvalue weighted by molar-refractivity contribution is 6.01. The summed E-state index contributed by atoms with van der Waals surface area (Å²) in [7, 11) is 0. The van der Waals surface area contributed by atoms with Gasteiger partial charge in [0.15, 0.2) is 11.6 Å². The fourth-order valence-corrected chi connectivity index (χ4v) is 4.32. The Balaban J connectivity index is 1.79. The lowest BCUT2D eigenvalue weighted by molar-refractivity contribution is -0.129. The number of benzene rings is 3. The zero-order valence-corrected chi connectivity index (χ0v) is 21.4. The third kappa shape index (κ3) is 6.45. The summed E-state index contributed by atoms with van der Waals surface area (Å²) in [6, 6.07) is 23.7. The largest absolute Gasteiger partial charge is 0.494 e. The predicted molar refractivity (Wildman–Crippen MR) is 148 cm³/mol. The maximum atomic E-state index is 13.9. The predicted octanol–water partition coefficient (Wildman–Crippen LogP) is 4.70. The first-order chi connectivity index (χ1) is 19.1. The number of nitrogens with zero attached hydrogens (tertiary/aromatic N) is 4. The van der Waals surface area contributed by atoms with Crippen LogP contribution in [0.5, 0.6) is 5.75 Å². The maximum absolute atomic E-state index is 13.9. The van der Waals surface area contributed by atoms with Gasteiger partial charge in [0.1, 0.15) is 5.75 Å². The summed E-state index contributed by atoms with van der Waals surface area (Å²) in [6.07, 6.45) is 1.49. The summed E-state index contributed by atoms with van der Waals surface area (Å²) in [6.45, 7) is 4.48. The number of aliphatic hydroxyl groups is 1. The van der Waals surface area contributed by atoms with Crippen molar-refractivity contribution in [2.75, 3.05) is 19.8 Å². The molecule has 1 aliphatic rings. The maximum Gasteiger partial charge on any atom is 0.266 e. The fraction of sp³-hybridized carbons (Fsp3) is 0.241. The fourth-order valence-electron chi connectivity index (χ4n) is 4.32. The van der Waals surface area contributed by atoms with Crippen LogP contribution in [-0.2, 0) is 16.0 Å². The molecule has 0 saturated carbocycles. The molecule has 0 aliphatic carbocycles. The van der Waals surface area contributed by atoms with Crippen molar-refractivity contribution in [3.8, 4) is 5.75 Å². The van der Waals surface area contributed by atoms with Crippen LogP contribution in [0.1, 0.15) is 29.2 Å². The second kappa shape index (κ2) is 13.3. The van der Waals surface area contributed by atoms with E-state index in [0.29, 0.717) is 48.0 Å². The van der Waals surface area contributed by atoms with Crippen LogP contribution in [0.2, 0.25) is 0 Å². The molecule has 3 N–H and O–H groups in total. The minimum atomic E-state index is -1.44. The average Bonchev–Trinajstić information content (AvgIpc) is 3.36. The van der Waals surface area contributed by atoms with Gasteiger partial charge in [-0.25, -0.2) is 10.4 Å². The van der Waals surface area contributed by atoms with Crippen LogP contribution >= 0.6 is 0 Å². The summed E-state index contributed by atoms with van der Waals surface area (Å²) in [5.74, 6) is 0.533. The van der Waals surface area contributed by atoms with E-state index in [2.05, 4.69) is 27.5 Å². The van der Waals surface area contributed by atoms with Crippen molar-refractivity contribution in [1.82, 2.24) is 10.9 Å². The zero-order valence-electron chi connectivity index (χ0n) is 21.4. The molecule has 10 heteroatoms. The zero-order chi connectivity index (χ0) is 27.5. The lowest BCUT2D eigenvalue weighted by Crippen LogP contribution is -2.54. The van der Waals surface area contributed by atoms with Gasteiger partial charge >= 0.3 is 0 Å². The van der Waals surface area contributed by atoms with Crippen LogP contribution in [0.15, 0.2) is 102 Å². The molecule has 1 aliphatic heterocycles. The molecule has 2 atom stereocenters. The van der Waals surface area contributed by atoms with Crippen LogP contribution in [0.25, 0.3) is 10.4 Å². The van der Waals surface area contributed by atoms with E-state index in [1.807, 2.05) is 54.6 Å². The Morgan fingerprint density at radius 2 is 1.90 bits per heavy atom. The lowest BCUT2D eigenvalue weighted by atomic mass is 9.81. The Morgan fingerprint density at radius 3 is 2.62 bits per heavy atom. The monoisotopic (exact) mass is 526 g/mol. The van der Waals surface area contributed by atoms with Gasteiger partial charge in [-0.1, -0.05) is 65.8 Å². The molecule has 0 aromatic heterocycles. The SMILES string of the molecule is C=CCNNC(=O)[C@@]1(Cc2ccccc2N=[N+]=[N-])N=C(c2ccc(OCCCO)cc2)O[C@H]1c1ccccc1. The molecular formula is C29H30N6O4. The Morgan fingerprint density at radius 1 is 1.15 bits per heavy atom. The number of aliphatic imine (C=N–C) groups is 1. The first-order valence-corrected chi connectivity index (χ1v) is 12.5. The number of hydrogen-bond donors (Lipinski definition) is 3. The Hall–Kier alpha value is -4.63. The van der Waals surface area contributed by atoms with Crippen molar-refractivity contribution in [3.63, 3.8) is 0 Å². The molecule has 0 bridgehead atoms. The van der Waals surface area contributed by atoms with E-state index in [0.717, 1.165) is 5.56 Å². The standard InChI is InChI=1S/C29H30N6O4/c1-2-17-31-34-28(37)29(20-23-11-6-7-12-25(23)33-35-30)26(21-9-4-3-5-10-21)39-27(32-29)22-13-15-24(16-14-22)38-19-8-18-36/h2-7,9-16,26,31,36H,1,8,17-20H2,(H,34,37)/t26-,29-/m0/s1. The number of aliphatic hydroxyl groups excluding tert-OH is 1. The number of hydrogen-bond acceptors (Lipinski definition) is 7. The number of rotatable bonds is 13. The van der Waals surface area contributed by atoms with Crippen molar-refractivity contribution in [3.05, 3.63) is 119 Å². The van der Waals surface area contributed by atoms with E-state index in [1.165, 1.54) is 0 Å². The molecule has 0 unspecified atom stereocenters. The molecule has 0 radical (unpaired) electrons. The first-order valence-electron chi connectivity index (χ1n) is 12.5. The van der Waals surface area contributed by atoms with E-state index < -0.39 is 17.6 Å². The van der Waals surface area contributed by atoms with Crippen LogP contribution in [-0.4, -0.2) is 42.2 Å². The molecular weight excluding hydrogens is 496 g/mol. The highest BCUT2D eigenvalue weighted by atomic mass is 16.5. The smallest absolute Gasteiger partial charge is 0.266 e. The topological polar surface area (TPSA) is 141 Å². The van der Waals surface area contributed by atoms with E-state index in [9.17, 15) is 4.79 Å². The van der Waals surface area contributed by atoms with Crippen molar-refractivity contribution < 1.29 is 19.4 Å². The number of amides is 1. The van der Waals surface area contributed by atoms with Gasteiger partial charge < -0.3 is 14.6 Å². The summed E-state index contributed by atoms with van der Waals surface area (Å²) in [4.78, 5) is 21.8. The van der Waals surface area contributed by atoms with Crippen molar-refractivity contribution in [2.45, 2.75) is 24.5 Å². The molecule has 1 amide bonds. The van der Waals surface area contributed by atoms with Gasteiger partial charge in [0.2, 0.25) is 5.90 Å². The molecule has 4 rings (SSSR count). The Kier molecular flexibility index (Phi) is 9.31. The number of ether oxygens (including phenoxy) is 2. The van der Waals surface area contributed by atoms with Crippen molar-refractivity contribution >= 4 is 17.5 Å². The van der Waals surface area contributed by atoms with E-state index in [4.69, 9.17) is 25.1 Å². The van der Waals surface area contributed by atoms with Crippen LogP contribution in [0, 0.1) is 0 Å². The van der Waals surface area contributed by atoms with Gasteiger partial charge in [0.25, 0.3) is 5.91 Å². The molecule has 0 fully saturated rings. The number of hydrazine groups is 1. The van der Waals surface area contributed by atoms with Gasteiger partial charge in [-0.3, -0.25) is 10.2 Å². The average molecular weight is 527 g/mol. The van der Waals surface area contributed by atoms with Gasteiger partial charge in [0.05, 0.1) is 6.61 Å². The van der Waals surface area contributed by atoms with Crippen LogP contribution < -0.4 is 15.6 Å². The van der Waals surface area contributed by atoms with Gasteiger partial charge in [-0.15, -0.1) is 6.58 Å². The van der Waals surface area contributed by atoms with E-state index >= 15 is 0 Å². The summed E-state index contributed by atoms with van der Waals surface area (Å²) in [5, 5.41) is 12.8. The highest BCUT2D eigenvalue weighted by Gasteiger charge is 2.53. The van der Waals surface area contributed by atoms with Gasteiger partial charge in [0, 0.05) is 42.2 Å². The minimum absolute atomic E-state index is 0.0538. The quantitative estimate of drug-likeness (QED) is 0.0740. The number of nitrogens with one attached hydrogen (secondary N) is 2. The van der Waals surface area contributed by atoms with E-state index in [-0.39, 0.29) is 13.0 Å². The molecule has 3 aromatic rings. The summed E-state index contributed by atoms with van der Waals surface area (Å²) >= 11 is 0. The Bertz CT molecular complexity index is 1360.